The quantitative estimate of drug-likeness (QED) is 0.713. The van der Waals surface area contributed by atoms with E-state index in [4.69, 9.17) is 4.74 Å². The Labute approximate surface area is 89.4 Å². The average Bonchev–Trinajstić information content (AvgIpc) is 2.00. The molecule has 0 aliphatic rings. The molecule has 0 rings (SSSR count). The number of nitrogens with one attached hydrogen (secondary N) is 1. The van der Waals surface area contributed by atoms with Crippen LogP contribution in [-0.4, -0.2) is 25.3 Å². The van der Waals surface area contributed by atoms with Crippen LogP contribution in [0.1, 0.15) is 48.0 Å². The Balaban J connectivity index is 3.86. The van der Waals surface area contributed by atoms with Crippen molar-refractivity contribution in [2.45, 2.75) is 60.1 Å². The summed E-state index contributed by atoms with van der Waals surface area (Å²) in [6.07, 6.45) is 1.44. The van der Waals surface area contributed by atoms with Crippen LogP contribution in [0.25, 0.3) is 0 Å². The molecule has 1 atom stereocenters. The molecule has 1 unspecified atom stereocenters. The van der Waals surface area contributed by atoms with Crippen molar-refractivity contribution in [2.75, 3.05) is 13.2 Å². The molecule has 0 spiro atoms. The van der Waals surface area contributed by atoms with Gasteiger partial charge in [0.1, 0.15) is 0 Å². The maximum Gasteiger partial charge on any atom is 0.0518 e. The van der Waals surface area contributed by atoms with Gasteiger partial charge in [-0.2, -0.15) is 0 Å². The summed E-state index contributed by atoms with van der Waals surface area (Å²) in [5.74, 6) is 0. The third kappa shape index (κ3) is 6.39. The minimum atomic E-state index is 0.316. The molecule has 0 aliphatic heterocycles. The Morgan fingerprint density at radius 2 is 1.79 bits per heavy atom. The Kier molecular flexibility index (Phi) is 6.38. The molecular weight excluding hydrogens is 174 g/mol. The van der Waals surface area contributed by atoms with E-state index in [-0.39, 0.29) is 0 Å². The van der Waals surface area contributed by atoms with Crippen molar-refractivity contribution in [2.24, 2.45) is 5.41 Å². The molecule has 0 amide bonds. The molecule has 14 heavy (non-hydrogen) atoms. The van der Waals surface area contributed by atoms with E-state index in [2.05, 4.69) is 46.9 Å². The predicted octanol–water partition coefficient (Wildman–Crippen LogP) is 2.83. The normalized spacial score (nSPS) is 14.8. The van der Waals surface area contributed by atoms with Crippen molar-refractivity contribution in [3.8, 4) is 0 Å². The number of ether oxygens (including phenoxy) is 1. The highest BCUT2D eigenvalue weighted by atomic mass is 16.5. The van der Waals surface area contributed by atoms with Gasteiger partial charge in [0, 0.05) is 12.6 Å². The van der Waals surface area contributed by atoms with Crippen molar-refractivity contribution in [1.82, 2.24) is 5.32 Å². The molecule has 0 saturated heterocycles. The molecule has 2 nitrogen and oxygen atoms in total. The summed E-state index contributed by atoms with van der Waals surface area (Å²) in [7, 11) is 0. The summed E-state index contributed by atoms with van der Waals surface area (Å²) in [4.78, 5) is 0. The largest absolute Gasteiger partial charge is 0.379 e. The van der Waals surface area contributed by atoms with Crippen molar-refractivity contribution in [3.05, 3.63) is 0 Å². The van der Waals surface area contributed by atoms with E-state index in [0.717, 1.165) is 19.6 Å². The van der Waals surface area contributed by atoms with Crippen LogP contribution in [0.5, 0.6) is 0 Å². The lowest BCUT2D eigenvalue weighted by molar-refractivity contribution is 0.0622. The topological polar surface area (TPSA) is 21.3 Å². The van der Waals surface area contributed by atoms with Gasteiger partial charge in [-0.3, -0.25) is 0 Å². The fourth-order valence-corrected chi connectivity index (χ4v) is 1.51. The SMILES string of the molecule is CCNC(CCOC(C)C)C(C)(C)C. The first-order valence-electron chi connectivity index (χ1n) is 5.73. The van der Waals surface area contributed by atoms with E-state index >= 15 is 0 Å². The molecule has 0 heterocycles. The minimum Gasteiger partial charge on any atom is -0.379 e. The fourth-order valence-electron chi connectivity index (χ4n) is 1.51. The standard InChI is InChI=1S/C12H27NO/c1-7-13-11(12(4,5)6)8-9-14-10(2)3/h10-11,13H,7-9H2,1-6H3. The van der Waals surface area contributed by atoms with E-state index in [0.29, 0.717) is 17.6 Å². The summed E-state index contributed by atoms with van der Waals surface area (Å²) in [6.45, 7) is 15.0. The van der Waals surface area contributed by atoms with Crippen molar-refractivity contribution in [1.29, 1.82) is 0 Å². The van der Waals surface area contributed by atoms with E-state index in [1.807, 2.05) is 0 Å². The number of rotatable bonds is 6. The molecule has 0 radical (unpaired) electrons. The third-order valence-electron chi connectivity index (χ3n) is 2.35. The molecule has 0 saturated carbocycles. The van der Waals surface area contributed by atoms with E-state index in [1.165, 1.54) is 0 Å². The van der Waals surface area contributed by atoms with Gasteiger partial charge in [0.15, 0.2) is 0 Å². The second kappa shape index (κ2) is 6.41. The maximum atomic E-state index is 5.57. The molecule has 1 N–H and O–H groups in total. The zero-order chi connectivity index (χ0) is 11.2. The Morgan fingerprint density at radius 3 is 2.14 bits per heavy atom. The fraction of sp³-hybridized carbons (Fsp3) is 1.00. The molecule has 0 aliphatic carbocycles. The van der Waals surface area contributed by atoms with Crippen LogP contribution >= 0.6 is 0 Å². The maximum absolute atomic E-state index is 5.57. The summed E-state index contributed by atoms with van der Waals surface area (Å²) in [6, 6.07) is 0.547. The van der Waals surface area contributed by atoms with Crippen molar-refractivity contribution >= 4 is 0 Å². The van der Waals surface area contributed by atoms with Crippen LogP contribution in [-0.2, 0) is 4.74 Å². The van der Waals surface area contributed by atoms with Gasteiger partial charge >= 0.3 is 0 Å². The van der Waals surface area contributed by atoms with Gasteiger partial charge in [-0.15, -0.1) is 0 Å². The lowest BCUT2D eigenvalue weighted by atomic mass is 9.85. The zero-order valence-corrected chi connectivity index (χ0v) is 10.7. The summed E-state index contributed by atoms with van der Waals surface area (Å²) >= 11 is 0. The Morgan fingerprint density at radius 1 is 1.21 bits per heavy atom. The molecule has 0 fully saturated rings. The van der Waals surface area contributed by atoms with Crippen molar-refractivity contribution < 1.29 is 4.74 Å². The van der Waals surface area contributed by atoms with Crippen LogP contribution in [0, 0.1) is 5.41 Å². The molecule has 0 aromatic carbocycles. The van der Waals surface area contributed by atoms with E-state index < -0.39 is 0 Å². The number of hydrogen-bond donors (Lipinski definition) is 1. The lowest BCUT2D eigenvalue weighted by Gasteiger charge is -2.31. The molecule has 0 aromatic rings. The van der Waals surface area contributed by atoms with Crippen LogP contribution in [0.3, 0.4) is 0 Å². The first-order chi connectivity index (χ1) is 6.38. The van der Waals surface area contributed by atoms with Gasteiger partial charge in [0.2, 0.25) is 0 Å². The van der Waals surface area contributed by atoms with Crippen LogP contribution in [0.15, 0.2) is 0 Å². The molecular formula is C12H27NO. The van der Waals surface area contributed by atoms with Crippen LogP contribution < -0.4 is 5.32 Å². The minimum absolute atomic E-state index is 0.316. The van der Waals surface area contributed by atoms with Gasteiger partial charge in [-0.05, 0) is 32.2 Å². The smallest absolute Gasteiger partial charge is 0.0518 e. The van der Waals surface area contributed by atoms with Gasteiger partial charge in [-0.25, -0.2) is 0 Å². The first-order valence-corrected chi connectivity index (χ1v) is 5.73. The van der Waals surface area contributed by atoms with Gasteiger partial charge in [0.05, 0.1) is 6.10 Å². The van der Waals surface area contributed by atoms with E-state index in [1.54, 1.807) is 0 Å². The second-order valence-electron chi connectivity index (χ2n) is 5.18. The molecule has 0 aromatic heterocycles. The van der Waals surface area contributed by atoms with E-state index in [9.17, 15) is 0 Å². The number of hydrogen-bond acceptors (Lipinski definition) is 2. The molecule has 0 bridgehead atoms. The molecule has 86 valence electrons. The lowest BCUT2D eigenvalue weighted by Crippen LogP contribution is -2.41. The zero-order valence-electron chi connectivity index (χ0n) is 10.7. The highest BCUT2D eigenvalue weighted by molar-refractivity contribution is 4.79. The van der Waals surface area contributed by atoms with Gasteiger partial charge in [-0.1, -0.05) is 27.7 Å². The predicted molar refractivity (Wildman–Crippen MR) is 62.6 cm³/mol. The van der Waals surface area contributed by atoms with Crippen LogP contribution in [0.4, 0.5) is 0 Å². The molecule has 2 heteroatoms. The highest BCUT2D eigenvalue weighted by Gasteiger charge is 2.23. The van der Waals surface area contributed by atoms with Crippen molar-refractivity contribution in [3.63, 3.8) is 0 Å². The third-order valence-corrected chi connectivity index (χ3v) is 2.35. The first kappa shape index (κ1) is 13.9. The highest BCUT2D eigenvalue weighted by Crippen LogP contribution is 2.21. The Hall–Kier alpha value is -0.0800. The summed E-state index contributed by atoms with van der Waals surface area (Å²) in [5.41, 5.74) is 0.316. The Bertz CT molecular complexity index is 138. The van der Waals surface area contributed by atoms with Gasteiger partial charge < -0.3 is 10.1 Å². The van der Waals surface area contributed by atoms with Crippen LogP contribution in [0.2, 0.25) is 0 Å². The summed E-state index contributed by atoms with van der Waals surface area (Å²) in [5, 5.41) is 3.52. The average molecular weight is 201 g/mol. The summed E-state index contributed by atoms with van der Waals surface area (Å²) < 4.78 is 5.57. The van der Waals surface area contributed by atoms with Gasteiger partial charge in [0.25, 0.3) is 0 Å². The second-order valence-corrected chi connectivity index (χ2v) is 5.18. The monoisotopic (exact) mass is 201 g/mol.